The number of hydrogen-bond acceptors (Lipinski definition) is 16. The maximum atomic E-state index is 14.2. The monoisotopic (exact) mass is 1040 g/mol. The van der Waals surface area contributed by atoms with Gasteiger partial charge >= 0.3 is 0 Å². The van der Waals surface area contributed by atoms with Crippen LogP contribution in [0.4, 0.5) is 21.6 Å². The number of rotatable bonds is 19. The molecule has 0 amide bonds. The summed E-state index contributed by atoms with van der Waals surface area (Å²) in [4.78, 5) is 19.6. The van der Waals surface area contributed by atoms with Crippen LogP contribution in [0, 0.1) is 13.8 Å². The third-order valence-electron chi connectivity index (χ3n) is 12.5. The second kappa shape index (κ2) is 20.2. The number of aromatic amines is 1. The lowest BCUT2D eigenvalue weighted by Crippen LogP contribution is -2.32. The van der Waals surface area contributed by atoms with E-state index in [-0.39, 0.29) is 17.3 Å². The highest BCUT2D eigenvalue weighted by Gasteiger charge is 2.29. The molecular formula is C47H56N16O4S4. The average molecular weight is 1040 g/mol. The number of likely N-dealkylation sites (N-methyl/N-ethyl adjacent to an activating group) is 1. The summed E-state index contributed by atoms with van der Waals surface area (Å²) in [6.07, 6.45) is 22.2. The second-order valence-corrected chi connectivity index (χ2v) is 24.1. The summed E-state index contributed by atoms with van der Waals surface area (Å²) in [5.74, 6) is 0.992. The van der Waals surface area contributed by atoms with Crippen molar-refractivity contribution in [3.05, 3.63) is 96.4 Å². The Balaban J connectivity index is 0.878. The quantitative estimate of drug-likeness (QED) is 0.0543. The lowest BCUT2D eigenvalue weighted by Gasteiger charge is -2.20. The predicted octanol–water partition coefficient (Wildman–Crippen LogP) is 7.14. The van der Waals surface area contributed by atoms with Crippen molar-refractivity contribution in [3.63, 3.8) is 0 Å². The van der Waals surface area contributed by atoms with Gasteiger partial charge in [0.1, 0.15) is 8.42 Å². The number of fused-ring (bicyclic) bond motifs is 2. The van der Waals surface area contributed by atoms with Gasteiger partial charge in [-0.25, -0.2) is 36.8 Å². The van der Waals surface area contributed by atoms with E-state index in [9.17, 15) is 16.8 Å². The molecule has 2 aliphatic heterocycles. The van der Waals surface area contributed by atoms with E-state index in [0.717, 1.165) is 95.2 Å². The first-order chi connectivity index (χ1) is 34.3. The van der Waals surface area contributed by atoms with Gasteiger partial charge in [0.15, 0.2) is 22.9 Å². The lowest BCUT2D eigenvalue weighted by atomic mass is 10.1. The van der Waals surface area contributed by atoms with Crippen molar-refractivity contribution < 1.29 is 16.8 Å². The van der Waals surface area contributed by atoms with Crippen LogP contribution in [0.15, 0.2) is 82.3 Å². The number of H-pyrrole nitrogens is 1. The van der Waals surface area contributed by atoms with E-state index in [2.05, 4.69) is 48.7 Å². The molecule has 0 aromatic carbocycles. The fourth-order valence-electron chi connectivity index (χ4n) is 8.84. The summed E-state index contributed by atoms with van der Waals surface area (Å²) >= 11 is 2.35. The van der Waals surface area contributed by atoms with Crippen LogP contribution in [-0.2, 0) is 26.6 Å². The maximum absolute atomic E-state index is 14.2. The molecule has 5 N–H and O–H groups in total. The predicted molar refractivity (Wildman–Crippen MR) is 280 cm³/mol. The summed E-state index contributed by atoms with van der Waals surface area (Å²) in [5, 5.41) is 26.6. The van der Waals surface area contributed by atoms with Crippen LogP contribution < -0.4 is 21.3 Å². The Kier molecular flexibility index (Phi) is 13.8. The molecule has 24 heteroatoms. The van der Waals surface area contributed by atoms with Crippen molar-refractivity contribution in [2.45, 2.75) is 68.3 Å². The molecule has 0 saturated carbocycles. The zero-order valence-electron chi connectivity index (χ0n) is 40.1. The fourth-order valence-corrected chi connectivity index (χ4v) is 15.1. The molecule has 372 valence electrons. The van der Waals surface area contributed by atoms with Gasteiger partial charge in [-0.15, -0.1) is 22.7 Å². The van der Waals surface area contributed by atoms with Crippen LogP contribution in [0.1, 0.15) is 62.0 Å². The molecular weight excluding hydrogens is 981 g/mol. The number of hydrogen-bond donors (Lipinski definition) is 5. The van der Waals surface area contributed by atoms with E-state index in [1.165, 1.54) is 15.6 Å². The molecule has 10 rings (SSSR count). The molecule has 0 spiro atoms. The maximum Gasteiger partial charge on any atom is 0.252 e. The smallest absolute Gasteiger partial charge is 0.252 e. The minimum absolute atomic E-state index is 0.158. The first-order valence-corrected chi connectivity index (χ1v) is 28.1. The molecule has 8 aromatic rings. The average Bonchev–Trinajstić information content (AvgIpc) is 4.24. The third kappa shape index (κ3) is 9.69. The number of nitrogens with zero attached hydrogens (tertiary/aromatic N) is 11. The lowest BCUT2D eigenvalue weighted by molar-refractivity contribution is 0.411. The van der Waals surface area contributed by atoms with Gasteiger partial charge in [-0.2, -0.15) is 18.8 Å². The minimum atomic E-state index is -3.91. The van der Waals surface area contributed by atoms with Gasteiger partial charge in [0, 0.05) is 75.7 Å². The Morgan fingerprint density at radius 1 is 0.704 bits per heavy atom. The normalized spacial score (nSPS) is 14.8. The van der Waals surface area contributed by atoms with Gasteiger partial charge in [0.2, 0.25) is 0 Å². The number of aryl methyl sites for hydroxylation is 2. The standard InChI is InChI=1S/C47H56N16O4S4/c1-6-14-61(15-7-2)71(66,67)47-31(4)19-41(69-47)58-43-45-51-26-39(63(45)29-37(56-43)33-11-9-13-49-21-33)35-24-54-60(27-35)17-16-59(5)70(64,65)46-30(3)18-40(68-46)57-42-44-50-25-38(34-22-52-53-23-34)62(44)28-36(55-42)32-10-8-12-48-20-32/h10-11,18-19,22-29,48-49H,6-9,12-17,20-21H2,1-5H3,(H,52,53)(H,55,57)(H,56,58). The number of nitrogens with one attached hydrogen (secondary N) is 5. The molecule has 0 saturated heterocycles. The van der Waals surface area contributed by atoms with Gasteiger partial charge in [-0.3, -0.25) is 18.6 Å². The topological polar surface area (TPSA) is 230 Å². The molecule has 8 aromatic heterocycles. The largest absolute Gasteiger partial charge is 0.329 e. The van der Waals surface area contributed by atoms with Crippen molar-refractivity contribution in [3.8, 4) is 22.5 Å². The SMILES string of the molecule is CCCN(CCC)S(=O)(=O)c1sc(Nc2nc(C3=CCCNC3)cn3c(-c4cnn(CCN(C)S(=O)(=O)c5sc(Nc6nc(C7=CCCNC7)cn7c(-c8cn[nH]c8)cnc67)cc5C)c4)cnc23)cc1C. The number of anilines is 4. The number of sulfonamides is 2. The molecule has 0 radical (unpaired) electrons. The molecule has 0 aliphatic carbocycles. The van der Waals surface area contributed by atoms with Crippen molar-refractivity contribution in [1.82, 2.24) is 68.0 Å². The molecule has 0 atom stereocenters. The van der Waals surface area contributed by atoms with Crippen molar-refractivity contribution >= 4 is 86.8 Å². The van der Waals surface area contributed by atoms with Crippen LogP contribution in [0.5, 0.6) is 0 Å². The number of aromatic nitrogens is 10. The fraction of sp³-hybridized carbons (Fsp3) is 0.362. The highest BCUT2D eigenvalue weighted by Crippen LogP contribution is 2.38. The summed E-state index contributed by atoms with van der Waals surface area (Å²) < 4.78 is 65.2. The van der Waals surface area contributed by atoms with Gasteiger partial charge in [-0.05, 0) is 87.0 Å². The zero-order chi connectivity index (χ0) is 49.4. The third-order valence-corrected chi connectivity index (χ3v) is 19.7. The molecule has 20 nitrogen and oxygen atoms in total. The van der Waals surface area contributed by atoms with E-state index in [4.69, 9.17) is 19.9 Å². The number of thiophene rings is 2. The van der Waals surface area contributed by atoms with Gasteiger partial charge in [-0.1, -0.05) is 26.0 Å². The van der Waals surface area contributed by atoms with Crippen molar-refractivity contribution in [2.24, 2.45) is 0 Å². The highest BCUT2D eigenvalue weighted by atomic mass is 32.3. The van der Waals surface area contributed by atoms with Gasteiger partial charge in [0.05, 0.1) is 64.1 Å². The van der Waals surface area contributed by atoms with Gasteiger partial charge < -0.3 is 21.3 Å². The Labute approximate surface area is 420 Å². The van der Waals surface area contributed by atoms with E-state index in [1.807, 2.05) is 66.5 Å². The van der Waals surface area contributed by atoms with E-state index >= 15 is 0 Å². The van der Waals surface area contributed by atoms with Crippen LogP contribution in [-0.4, -0.2) is 127 Å². The van der Waals surface area contributed by atoms with E-state index in [1.54, 1.807) is 47.7 Å². The highest BCUT2D eigenvalue weighted by molar-refractivity contribution is 7.91. The van der Waals surface area contributed by atoms with Crippen molar-refractivity contribution in [2.75, 3.05) is 63.5 Å². The molecule has 0 bridgehead atoms. The minimum Gasteiger partial charge on any atom is -0.329 e. The summed E-state index contributed by atoms with van der Waals surface area (Å²) in [5.41, 5.74) is 9.32. The van der Waals surface area contributed by atoms with E-state index in [0.29, 0.717) is 74.4 Å². The summed E-state index contributed by atoms with van der Waals surface area (Å²) in [6, 6.07) is 3.68. The molecule has 2 aliphatic rings. The van der Waals surface area contributed by atoms with E-state index < -0.39 is 20.0 Å². The number of imidazole rings is 2. The molecule has 0 fully saturated rings. The van der Waals surface area contributed by atoms with Crippen LogP contribution in [0.25, 0.3) is 45.0 Å². The zero-order valence-corrected chi connectivity index (χ0v) is 43.4. The van der Waals surface area contributed by atoms with Gasteiger partial charge in [0.25, 0.3) is 20.0 Å². The Bertz CT molecular complexity index is 3520. The first kappa shape index (κ1) is 48.5. The Morgan fingerprint density at radius 3 is 1.76 bits per heavy atom. The molecule has 10 heterocycles. The molecule has 0 unspecified atom stereocenters. The van der Waals surface area contributed by atoms with Crippen LogP contribution >= 0.6 is 22.7 Å². The first-order valence-electron chi connectivity index (χ1n) is 23.6. The summed E-state index contributed by atoms with van der Waals surface area (Å²) in [6.45, 7) is 12.1. The van der Waals surface area contributed by atoms with Crippen molar-refractivity contribution in [1.29, 1.82) is 0 Å². The van der Waals surface area contributed by atoms with Crippen LogP contribution in [0.2, 0.25) is 0 Å². The molecule has 71 heavy (non-hydrogen) atoms. The van der Waals surface area contributed by atoms with Crippen LogP contribution in [0.3, 0.4) is 0 Å². The second-order valence-electron chi connectivity index (χ2n) is 17.6. The Morgan fingerprint density at radius 2 is 1.25 bits per heavy atom. The Hall–Kier alpha value is -6.12. The summed E-state index contributed by atoms with van der Waals surface area (Å²) in [7, 11) is -6.02.